The predicted octanol–water partition coefficient (Wildman–Crippen LogP) is 4.62. The van der Waals surface area contributed by atoms with Crippen LogP contribution in [-0.2, 0) is 6.61 Å². The van der Waals surface area contributed by atoms with Crippen LogP contribution in [0.3, 0.4) is 0 Å². The van der Waals surface area contributed by atoms with E-state index in [0.717, 1.165) is 6.07 Å². The molecule has 0 bridgehead atoms. The molecular formula is C13H8Cl2FNO3. The Labute approximate surface area is 123 Å². The van der Waals surface area contributed by atoms with Crippen molar-refractivity contribution in [3.8, 4) is 5.75 Å². The molecule has 0 aliphatic heterocycles. The number of non-ortho nitro benzene ring substituents is 1. The molecule has 0 saturated carbocycles. The number of hydrogen-bond acceptors (Lipinski definition) is 3. The topological polar surface area (TPSA) is 52.4 Å². The van der Waals surface area contributed by atoms with E-state index >= 15 is 0 Å². The summed E-state index contributed by atoms with van der Waals surface area (Å²) in [6.45, 7) is -0.0123. The highest BCUT2D eigenvalue weighted by molar-refractivity contribution is 6.31. The van der Waals surface area contributed by atoms with Crippen molar-refractivity contribution >= 4 is 28.9 Å². The standard InChI is InChI=1S/C13H8Cl2FNO3/c14-11-3-1-9(17(18)19)5-8(11)7-20-10-2-4-12(15)13(16)6-10/h1-6H,7H2. The Balaban J connectivity index is 2.15. The van der Waals surface area contributed by atoms with Gasteiger partial charge in [0.25, 0.3) is 5.69 Å². The normalized spacial score (nSPS) is 10.3. The van der Waals surface area contributed by atoms with Crippen molar-refractivity contribution in [1.29, 1.82) is 0 Å². The van der Waals surface area contributed by atoms with E-state index in [1.807, 2.05) is 0 Å². The Bertz CT molecular complexity index is 664. The summed E-state index contributed by atoms with van der Waals surface area (Å²) in [7, 11) is 0. The quantitative estimate of drug-likeness (QED) is 0.611. The fraction of sp³-hybridized carbons (Fsp3) is 0.0769. The molecule has 0 fully saturated rings. The van der Waals surface area contributed by atoms with Crippen molar-refractivity contribution in [3.05, 3.63) is 67.9 Å². The van der Waals surface area contributed by atoms with Crippen LogP contribution in [0.2, 0.25) is 10.0 Å². The lowest BCUT2D eigenvalue weighted by atomic mass is 10.2. The summed E-state index contributed by atoms with van der Waals surface area (Å²) in [5.41, 5.74) is 0.353. The van der Waals surface area contributed by atoms with Gasteiger partial charge in [0.1, 0.15) is 18.2 Å². The summed E-state index contributed by atoms with van der Waals surface area (Å²) in [5.74, 6) is -0.344. The second-order valence-electron chi connectivity index (χ2n) is 3.90. The maximum absolute atomic E-state index is 13.2. The fourth-order valence-corrected chi connectivity index (χ4v) is 1.80. The van der Waals surface area contributed by atoms with E-state index in [1.165, 1.54) is 30.3 Å². The average Bonchev–Trinajstić information content (AvgIpc) is 2.41. The highest BCUT2D eigenvalue weighted by Gasteiger charge is 2.10. The van der Waals surface area contributed by atoms with E-state index in [-0.39, 0.29) is 23.1 Å². The summed E-state index contributed by atoms with van der Waals surface area (Å²) >= 11 is 11.5. The Morgan fingerprint density at radius 3 is 2.50 bits per heavy atom. The first kappa shape index (κ1) is 14.6. The third-order valence-electron chi connectivity index (χ3n) is 2.53. The van der Waals surface area contributed by atoms with E-state index in [0.29, 0.717) is 10.6 Å². The zero-order valence-electron chi connectivity index (χ0n) is 9.98. The molecule has 7 heteroatoms. The monoisotopic (exact) mass is 315 g/mol. The zero-order valence-corrected chi connectivity index (χ0v) is 11.5. The first-order valence-corrected chi connectivity index (χ1v) is 6.23. The van der Waals surface area contributed by atoms with Crippen LogP contribution in [0.15, 0.2) is 36.4 Å². The summed E-state index contributed by atoms with van der Waals surface area (Å²) in [6.07, 6.45) is 0. The second-order valence-corrected chi connectivity index (χ2v) is 4.71. The first-order chi connectivity index (χ1) is 9.47. The highest BCUT2D eigenvalue weighted by Crippen LogP contribution is 2.25. The molecule has 0 spiro atoms. The van der Waals surface area contributed by atoms with Gasteiger partial charge in [0.15, 0.2) is 0 Å². The van der Waals surface area contributed by atoms with E-state index in [2.05, 4.69) is 0 Å². The van der Waals surface area contributed by atoms with Gasteiger partial charge in [0.05, 0.1) is 9.95 Å². The molecule has 0 aliphatic rings. The minimum atomic E-state index is -0.602. The van der Waals surface area contributed by atoms with Crippen molar-refractivity contribution in [3.63, 3.8) is 0 Å². The fourth-order valence-electron chi connectivity index (χ4n) is 1.51. The van der Waals surface area contributed by atoms with Crippen molar-refractivity contribution in [2.75, 3.05) is 0 Å². The van der Waals surface area contributed by atoms with Gasteiger partial charge >= 0.3 is 0 Å². The maximum Gasteiger partial charge on any atom is 0.269 e. The van der Waals surface area contributed by atoms with Crippen LogP contribution in [0.4, 0.5) is 10.1 Å². The number of rotatable bonds is 4. The van der Waals surface area contributed by atoms with Crippen LogP contribution in [0.5, 0.6) is 5.75 Å². The van der Waals surface area contributed by atoms with Crippen molar-refractivity contribution in [2.45, 2.75) is 6.61 Å². The molecule has 0 aromatic heterocycles. The molecule has 0 heterocycles. The molecule has 20 heavy (non-hydrogen) atoms. The van der Waals surface area contributed by atoms with Crippen LogP contribution < -0.4 is 4.74 Å². The van der Waals surface area contributed by atoms with Crippen molar-refractivity contribution < 1.29 is 14.1 Å². The number of nitrogens with zero attached hydrogens (tertiary/aromatic N) is 1. The van der Waals surface area contributed by atoms with Crippen molar-refractivity contribution in [2.24, 2.45) is 0 Å². The van der Waals surface area contributed by atoms with E-state index in [4.69, 9.17) is 27.9 Å². The van der Waals surface area contributed by atoms with E-state index in [1.54, 1.807) is 0 Å². The van der Waals surface area contributed by atoms with Crippen LogP contribution in [-0.4, -0.2) is 4.92 Å². The second kappa shape index (κ2) is 6.07. The van der Waals surface area contributed by atoms with Gasteiger partial charge in [-0.05, 0) is 18.2 Å². The number of benzene rings is 2. The largest absolute Gasteiger partial charge is 0.489 e. The first-order valence-electron chi connectivity index (χ1n) is 5.48. The molecule has 104 valence electrons. The SMILES string of the molecule is O=[N+]([O-])c1ccc(Cl)c(COc2ccc(Cl)c(F)c2)c1. The van der Waals surface area contributed by atoms with Gasteiger partial charge in [0.2, 0.25) is 0 Å². The van der Waals surface area contributed by atoms with Crippen LogP contribution in [0.25, 0.3) is 0 Å². The lowest BCUT2D eigenvalue weighted by molar-refractivity contribution is -0.384. The van der Waals surface area contributed by atoms with Crippen LogP contribution in [0, 0.1) is 15.9 Å². The molecule has 0 atom stereocenters. The molecule has 2 rings (SSSR count). The molecule has 2 aromatic carbocycles. The van der Waals surface area contributed by atoms with Gasteiger partial charge in [-0.25, -0.2) is 4.39 Å². The third kappa shape index (κ3) is 3.37. The molecular weight excluding hydrogens is 308 g/mol. The average molecular weight is 316 g/mol. The Kier molecular flexibility index (Phi) is 4.42. The number of ether oxygens (including phenoxy) is 1. The molecule has 0 aliphatic carbocycles. The summed E-state index contributed by atoms with van der Waals surface area (Å²) in [6, 6.07) is 8.02. The molecule has 0 radical (unpaired) electrons. The van der Waals surface area contributed by atoms with Gasteiger partial charge in [0, 0.05) is 28.8 Å². The Morgan fingerprint density at radius 1 is 1.15 bits per heavy atom. The van der Waals surface area contributed by atoms with E-state index in [9.17, 15) is 14.5 Å². The smallest absolute Gasteiger partial charge is 0.269 e. The Hall–Kier alpha value is -1.85. The maximum atomic E-state index is 13.2. The lowest BCUT2D eigenvalue weighted by Crippen LogP contribution is -1.98. The summed E-state index contributed by atoms with van der Waals surface area (Å²) < 4.78 is 18.6. The predicted molar refractivity (Wildman–Crippen MR) is 73.8 cm³/mol. The molecule has 0 N–H and O–H groups in total. The highest BCUT2D eigenvalue weighted by atomic mass is 35.5. The molecule has 0 amide bonds. The van der Waals surface area contributed by atoms with Gasteiger partial charge in [-0.3, -0.25) is 10.1 Å². The minimum absolute atomic E-state index is 0.00858. The number of hydrogen-bond donors (Lipinski definition) is 0. The van der Waals surface area contributed by atoms with Gasteiger partial charge in [-0.1, -0.05) is 23.2 Å². The van der Waals surface area contributed by atoms with Crippen molar-refractivity contribution in [1.82, 2.24) is 0 Å². The van der Waals surface area contributed by atoms with Crippen LogP contribution in [0.1, 0.15) is 5.56 Å². The summed E-state index contributed by atoms with van der Waals surface area (Å²) in [4.78, 5) is 10.2. The van der Waals surface area contributed by atoms with Gasteiger partial charge in [-0.2, -0.15) is 0 Å². The molecule has 2 aromatic rings. The van der Waals surface area contributed by atoms with Gasteiger partial charge < -0.3 is 4.74 Å². The number of halogens is 3. The summed E-state index contributed by atoms with van der Waals surface area (Å²) in [5, 5.41) is 11.0. The molecule has 0 saturated heterocycles. The van der Waals surface area contributed by atoms with Gasteiger partial charge in [-0.15, -0.1) is 0 Å². The number of nitro groups is 1. The number of nitro benzene ring substituents is 1. The van der Waals surface area contributed by atoms with E-state index < -0.39 is 10.7 Å². The lowest BCUT2D eigenvalue weighted by Gasteiger charge is -2.08. The zero-order chi connectivity index (χ0) is 14.7. The molecule has 0 unspecified atom stereocenters. The van der Waals surface area contributed by atoms with Crippen LogP contribution >= 0.6 is 23.2 Å². The Morgan fingerprint density at radius 2 is 1.85 bits per heavy atom. The third-order valence-corrected chi connectivity index (χ3v) is 3.20. The molecule has 4 nitrogen and oxygen atoms in total. The minimum Gasteiger partial charge on any atom is -0.489 e.